The summed E-state index contributed by atoms with van der Waals surface area (Å²) in [6.07, 6.45) is 0. The normalized spacial score (nSPS) is 12.0. The maximum atomic E-state index is 5.93. The number of nitrogen functional groups attached to an aromatic ring is 2. The molecule has 2 heterocycles. The van der Waals surface area contributed by atoms with Crippen molar-refractivity contribution in [2.75, 3.05) is 11.5 Å². The van der Waals surface area contributed by atoms with E-state index in [9.17, 15) is 0 Å². The Morgan fingerprint density at radius 2 is 0.909 bits per heavy atom. The number of H-pyrrole nitrogens is 2. The number of hydrogen-bond acceptors (Lipinski definition) is 2. The van der Waals surface area contributed by atoms with Crippen LogP contribution in [0.5, 0.6) is 0 Å². The molecule has 0 fully saturated rings. The van der Waals surface area contributed by atoms with Crippen LogP contribution in [0.1, 0.15) is 0 Å². The average molecular weight is 286 g/mol. The van der Waals surface area contributed by atoms with Gasteiger partial charge >= 0.3 is 0 Å². The predicted octanol–water partition coefficient (Wildman–Crippen LogP) is 4.12. The van der Waals surface area contributed by atoms with Crippen LogP contribution in [-0.4, -0.2) is 9.97 Å². The quantitative estimate of drug-likeness (QED) is 0.323. The number of aromatic amines is 2. The summed E-state index contributed by atoms with van der Waals surface area (Å²) < 4.78 is 0. The van der Waals surface area contributed by atoms with Gasteiger partial charge < -0.3 is 21.4 Å². The Morgan fingerprint density at radius 3 is 1.36 bits per heavy atom. The second-order valence-corrected chi connectivity index (χ2v) is 5.80. The van der Waals surface area contributed by atoms with Crippen molar-refractivity contribution in [2.24, 2.45) is 0 Å². The number of aromatic nitrogens is 2. The van der Waals surface area contributed by atoms with Crippen LogP contribution in [-0.2, 0) is 0 Å². The molecule has 4 heteroatoms. The lowest BCUT2D eigenvalue weighted by Crippen LogP contribution is -1.82. The van der Waals surface area contributed by atoms with Gasteiger partial charge in [0.15, 0.2) is 0 Å². The summed E-state index contributed by atoms with van der Waals surface area (Å²) in [7, 11) is 0. The molecule has 0 atom stereocenters. The van der Waals surface area contributed by atoms with Crippen molar-refractivity contribution in [3.05, 3.63) is 48.5 Å². The molecule has 5 rings (SSSR count). The number of rotatable bonds is 0. The summed E-state index contributed by atoms with van der Waals surface area (Å²) >= 11 is 0. The first kappa shape index (κ1) is 11.5. The molecule has 4 nitrogen and oxygen atoms in total. The summed E-state index contributed by atoms with van der Waals surface area (Å²) in [4.78, 5) is 6.93. The molecule has 22 heavy (non-hydrogen) atoms. The molecule has 6 N–H and O–H groups in total. The lowest BCUT2D eigenvalue weighted by molar-refractivity contribution is 1.54. The molecular weight excluding hydrogens is 272 g/mol. The van der Waals surface area contributed by atoms with Crippen LogP contribution in [0.4, 0.5) is 11.4 Å². The van der Waals surface area contributed by atoms with Crippen LogP contribution in [0, 0.1) is 0 Å². The molecule has 0 aliphatic rings. The van der Waals surface area contributed by atoms with E-state index in [0.29, 0.717) is 0 Å². The third-order valence-corrected chi connectivity index (χ3v) is 4.36. The maximum Gasteiger partial charge on any atom is 0.0472 e. The minimum atomic E-state index is 0.776. The molecule has 106 valence electrons. The van der Waals surface area contributed by atoms with Crippen LogP contribution in [0.3, 0.4) is 0 Å². The number of nitrogens with two attached hydrogens (primary N) is 2. The molecular formula is C18H14N4. The molecule has 0 amide bonds. The summed E-state index contributed by atoms with van der Waals surface area (Å²) in [6.45, 7) is 0. The van der Waals surface area contributed by atoms with Crippen molar-refractivity contribution < 1.29 is 0 Å². The lowest BCUT2D eigenvalue weighted by atomic mass is 10.1. The highest BCUT2D eigenvalue weighted by atomic mass is 14.7. The van der Waals surface area contributed by atoms with E-state index in [4.69, 9.17) is 11.5 Å². The van der Waals surface area contributed by atoms with Gasteiger partial charge in [0.05, 0.1) is 0 Å². The second kappa shape index (κ2) is 3.74. The number of nitrogens with one attached hydrogen (secondary N) is 2. The highest BCUT2D eigenvalue weighted by Crippen LogP contribution is 2.34. The minimum absolute atomic E-state index is 0.776. The van der Waals surface area contributed by atoms with Crippen molar-refractivity contribution >= 4 is 55.0 Å². The van der Waals surface area contributed by atoms with Crippen molar-refractivity contribution in [3.63, 3.8) is 0 Å². The Morgan fingerprint density at radius 1 is 0.500 bits per heavy atom. The van der Waals surface area contributed by atoms with Gasteiger partial charge in [0, 0.05) is 55.0 Å². The predicted molar refractivity (Wildman–Crippen MR) is 94.0 cm³/mol. The second-order valence-electron chi connectivity index (χ2n) is 5.80. The Balaban J connectivity index is 1.99. The third-order valence-electron chi connectivity index (χ3n) is 4.36. The van der Waals surface area contributed by atoms with Crippen molar-refractivity contribution in [2.45, 2.75) is 0 Å². The first-order valence-corrected chi connectivity index (χ1v) is 7.21. The molecule has 0 saturated heterocycles. The Kier molecular flexibility index (Phi) is 1.96. The van der Waals surface area contributed by atoms with E-state index < -0.39 is 0 Å². The topological polar surface area (TPSA) is 83.6 Å². The van der Waals surface area contributed by atoms with E-state index in [1.807, 2.05) is 36.4 Å². The van der Waals surface area contributed by atoms with Crippen LogP contribution < -0.4 is 11.5 Å². The first-order valence-electron chi connectivity index (χ1n) is 7.21. The van der Waals surface area contributed by atoms with E-state index in [2.05, 4.69) is 22.1 Å². The highest BCUT2D eigenvalue weighted by molar-refractivity contribution is 6.17. The number of benzene rings is 3. The molecule has 5 aromatic rings. The van der Waals surface area contributed by atoms with Gasteiger partial charge in [-0.15, -0.1) is 0 Å². The van der Waals surface area contributed by atoms with Crippen LogP contribution in [0.2, 0.25) is 0 Å². The fourth-order valence-corrected chi connectivity index (χ4v) is 3.33. The summed E-state index contributed by atoms with van der Waals surface area (Å²) in [5.41, 5.74) is 17.8. The SMILES string of the molecule is Nc1ccc2[nH]c3cc4c(cc3c2c1)[nH]c1ccc(N)cc14. The smallest absolute Gasteiger partial charge is 0.0472 e. The fourth-order valence-electron chi connectivity index (χ4n) is 3.33. The third kappa shape index (κ3) is 1.41. The van der Waals surface area contributed by atoms with E-state index in [1.54, 1.807) is 0 Å². The maximum absolute atomic E-state index is 5.93. The van der Waals surface area contributed by atoms with E-state index >= 15 is 0 Å². The standard InChI is InChI=1S/C18H14N4/c19-9-1-3-15-11(5-9)13-7-18-14(8-17(13)21-15)12-6-10(20)2-4-16(12)22-18/h1-8,21-22H,19-20H2. The average Bonchev–Trinajstić information content (AvgIpc) is 3.02. The van der Waals surface area contributed by atoms with Gasteiger partial charge in [-0.2, -0.15) is 0 Å². The van der Waals surface area contributed by atoms with Crippen molar-refractivity contribution in [3.8, 4) is 0 Å². The zero-order valence-electron chi connectivity index (χ0n) is 11.8. The zero-order chi connectivity index (χ0) is 14.8. The lowest BCUT2D eigenvalue weighted by Gasteiger charge is -1.95. The van der Waals surface area contributed by atoms with Gasteiger partial charge in [0.1, 0.15) is 0 Å². The molecule has 0 saturated carbocycles. The minimum Gasteiger partial charge on any atom is -0.399 e. The van der Waals surface area contributed by atoms with Crippen LogP contribution >= 0.6 is 0 Å². The van der Waals surface area contributed by atoms with E-state index in [0.717, 1.165) is 44.2 Å². The molecule has 0 unspecified atom stereocenters. The van der Waals surface area contributed by atoms with Crippen molar-refractivity contribution in [1.82, 2.24) is 9.97 Å². The molecule has 3 aromatic carbocycles. The Bertz CT molecular complexity index is 1100. The number of anilines is 2. The summed E-state index contributed by atoms with van der Waals surface area (Å²) in [5, 5.41) is 4.65. The van der Waals surface area contributed by atoms with Gasteiger partial charge in [0.2, 0.25) is 0 Å². The van der Waals surface area contributed by atoms with Crippen LogP contribution in [0.15, 0.2) is 48.5 Å². The highest BCUT2D eigenvalue weighted by Gasteiger charge is 2.10. The van der Waals surface area contributed by atoms with Gasteiger partial charge in [-0.25, -0.2) is 0 Å². The fraction of sp³-hybridized carbons (Fsp3) is 0. The molecule has 0 bridgehead atoms. The number of hydrogen-bond donors (Lipinski definition) is 4. The van der Waals surface area contributed by atoms with E-state index in [1.165, 1.54) is 10.8 Å². The molecule has 0 radical (unpaired) electrons. The molecule has 0 aliphatic carbocycles. The number of fused-ring (bicyclic) bond motifs is 6. The molecule has 2 aromatic heterocycles. The Labute approximate surface area is 125 Å². The van der Waals surface area contributed by atoms with Gasteiger partial charge in [-0.05, 0) is 48.5 Å². The van der Waals surface area contributed by atoms with Gasteiger partial charge in [0.25, 0.3) is 0 Å². The molecule has 0 aliphatic heterocycles. The summed E-state index contributed by atoms with van der Waals surface area (Å²) in [6, 6.07) is 16.3. The van der Waals surface area contributed by atoms with Gasteiger partial charge in [-0.1, -0.05) is 0 Å². The van der Waals surface area contributed by atoms with Crippen molar-refractivity contribution in [1.29, 1.82) is 0 Å². The van der Waals surface area contributed by atoms with E-state index in [-0.39, 0.29) is 0 Å². The Hall–Kier alpha value is -3.14. The first-order chi connectivity index (χ1) is 10.7. The zero-order valence-corrected chi connectivity index (χ0v) is 11.8. The summed E-state index contributed by atoms with van der Waals surface area (Å²) in [5.74, 6) is 0. The van der Waals surface area contributed by atoms with Crippen LogP contribution in [0.25, 0.3) is 43.6 Å². The largest absolute Gasteiger partial charge is 0.399 e. The molecule has 0 spiro atoms. The van der Waals surface area contributed by atoms with Gasteiger partial charge in [-0.3, -0.25) is 0 Å². The monoisotopic (exact) mass is 286 g/mol.